The molecule has 0 aliphatic carbocycles. The molecular weight excluding hydrogens is 473 g/mol. The topological polar surface area (TPSA) is 65.7 Å². The van der Waals surface area contributed by atoms with Gasteiger partial charge in [-0.1, -0.05) is 60.7 Å². The summed E-state index contributed by atoms with van der Waals surface area (Å²) < 4.78 is 0. The fraction of sp³-hybridized carbons (Fsp3) is 0. The summed E-state index contributed by atoms with van der Waals surface area (Å²) in [5, 5.41) is 5.64. The van der Waals surface area contributed by atoms with Crippen molar-refractivity contribution in [1.82, 2.24) is 9.97 Å². The quantitative estimate of drug-likeness (QED) is 0.222. The van der Waals surface area contributed by atoms with Crippen molar-refractivity contribution < 1.29 is 19.5 Å². The van der Waals surface area contributed by atoms with Gasteiger partial charge < -0.3 is 9.97 Å². The van der Waals surface area contributed by atoms with E-state index in [1.165, 1.54) is 0 Å². The van der Waals surface area contributed by atoms with Crippen molar-refractivity contribution in [1.29, 1.82) is 0 Å². The van der Waals surface area contributed by atoms with Crippen molar-refractivity contribution in [2.45, 2.75) is 0 Å². The first-order chi connectivity index (χ1) is 14.7. The van der Waals surface area contributed by atoms with Crippen molar-refractivity contribution in [2.75, 3.05) is 0 Å². The number of H-pyrrole nitrogens is 2. The first kappa shape index (κ1) is 20.7. The number of hydrogen-bond acceptors (Lipinski definition) is 2. The minimum absolute atomic E-state index is 0. The molecule has 0 fully saturated rings. The SMILES string of the molecule is O=c1cccc2ccc3ccc[nH]c3c12.O=c1cccc2ccc3ccc[nH]c3c12.[Ru]. The molecule has 0 aliphatic heterocycles. The van der Waals surface area contributed by atoms with Gasteiger partial charge in [-0.25, -0.2) is 0 Å². The Bertz CT molecular complexity index is 1530. The van der Waals surface area contributed by atoms with Gasteiger partial charge in [0, 0.05) is 31.9 Å². The zero-order valence-electron chi connectivity index (χ0n) is 16.4. The molecule has 2 heterocycles. The third-order valence-electron chi connectivity index (χ3n) is 5.28. The molecule has 152 valence electrons. The van der Waals surface area contributed by atoms with Crippen molar-refractivity contribution in [3.05, 3.63) is 118 Å². The fourth-order valence-corrected chi connectivity index (χ4v) is 3.88. The monoisotopic (exact) mass is 492 g/mol. The van der Waals surface area contributed by atoms with E-state index in [9.17, 15) is 9.59 Å². The van der Waals surface area contributed by atoms with Crippen molar-refractivity contribution in [2.24, 2.45) is 0 Å². The molecule has 0 saturated heterocycles. The largest absolute Gasteiger partial charge is 0.361 e. The summed E-state index contributed by atoms with van der Waals surface area (Å²) >= 11 is 0. The van der Waals surface area contributed by atoms with Crippen LogP contribution in [0.4, 0.5) is 0 Å². The summed E-state index contributed by atoms with van der Waals surface area (Å²) in [6.07, 6.45) is 3.68. The predicted molar refractivity (Wildman–Crippen MR) is 124 cm³/mol. The van der Waals surface area contributed by atoms with Crippen molar-refractivity contribution in [3.8, 4) is 0 Å². The summed E-state index contributed by atoms with van der Waals surface area (Å²) in [6, 6.07) is 26.6. The minimum atomic E-state index is 0. The molecule has 0 bridgehead atoms. The molecule has 31 heavy (non-hydrogen) atoms. The number of aromatic nitrogens is 2. The standard InChI is InChI=1S/2C13H9NO.Ru/c2*15-11-5-1-3-9-6-7-10-4-2-8-14-13(10)12(9)11;/h2*1-8,14H;. The molecule has 0 atom stereocenters. The second kappa shape index (κ2) is 8.67. The maximum absolute atomic E-state index is 11.8. The maximum Gasteiger partial charge on any atom is 0.188 e. The molecule has 2 aromatic heterocycles. The molecule has 0 unspecified atom stereocenters. The third-order valence-corrected chi connectivity index (χ3v) is 5.28. The number of pyridine rings is 2. The Balaban J connectivity index is 0.000000144. The minimum Gasteiger partial charge on any atom is -0.361 e. The average Bonchev–Trinajstić information content (AvgIpc) is 2.79. The second-order valence-electron chi connectivity index (χ2n) is 7.11. The molecule has 6 rings (SSSR count). The van der Waals surface area contributed by atoms with E-state index < -0.39 is 0 Å². The van der Waals surface area contributed by atoms with Crippen LogP contribution in [0.1, 0.15) is 0 Å². The van der Waals surface area contributed by atoms with Gasteiger partial charge in [0.15, 0.2) is 10.9 Å². The van der Waals surface area contributed by atoms with E-state index in [2.05, 4.69) is 9.97 Å². The number of rotatable bonds is 0. The van der Waals surface area contributed by atoms with Crippen LogP contribution in [0.25, 0.3) is 43.4 Å². The molecule has 0 aliphatic rings. The van der Waals surface area contributed by atoms with Crippen LogP contribution in [-0.2, 0) is 19.5 Å². The van der Waals surface area contributed by atoms with E-state index in [4.69, 9.17) is 0 Å². The Morgan fingerprint density at radius 2 is 0.839 bits per heavy atom. The van der Waals surface area contributed by atoms with Crippen LogP contribution >= 0.6 is 0 Å². The van der Waals surface area contributed by atoms with Crippen LogP contribution in [0.5, 0.6) is 0 Å². The predicted octanol–water partition coefficient (Wildman–Crippen LogP) is 5.36. The Kier molecular flexibility index (Phi) is 5.79. The van der Waals surface area contributed by atoms with Crippen molar-refractivity contribution in [3.63, 3.8) is 0 Å². The summed E-state index contributed by atoms with van der Waals surface area (Å²) in [6.45, 7) is 0. The molecule has 0 radical (unpaired) electrons. The van der Waals surface area contributed by atoms with E-state index >= 15 is 0 Å². The number of fused-ring (bicyclic) bond motifs is 6. The van der Waals surface area contributed by atoms with Gasteiger partial charge in [-0.05, 0) is 45.8 Å². The van der Waals surface area contributed by atoms with Crippen LogP contribution in [0.3, 0.4) is 0 Å². The van der Waals surface area contributed by atoms with Gasteiger partial charge in [0.05, 0.1) is 21.8 Å². The number of aromatic amines is 2. The molecular formula is C26H18N2O2Ru. The molecule has 4 nitrogen and oxygen atoms in total. The summed E-state index contributed by atoms with van der Waals surface area (Å²) in [7, 11) is 0. The van der Waals surface area contributed by atoms with Gasteiger partial charge >= 0.3 is 0 Å². The van der Waals surface area contributed by atoms with Gasteiger partial charge in [-0.3, -0.25) is 9.59 Å². The molecule has 6 aromatic rings. The zero-order chi connectivity index (χ0) is 20.5. The number of hydrogen-bond donors (Lipinski definition) is 2. The zero-order valence-corrected chi connectivity index (χ0v) is 18.1. The van der Waals surface area contributed by atoms with Gasteiger partial charge in [0.25, 0.3) is 0 Å². The smallest absolute Gasteiger partial charge is 0.188 e. The Labute approximate surface area is 190 Å². The third kappa shape index (κ3) is 3.80. The molecule has 4 aromatic carbocycles. The summed E-state index contributed by atoms with van der Waals surface area (Å²) in [5.41, 5.74) is 1.97. The Morgan fingerprint density at radius 3 is 1.29 bits per heavy atom. The normalized spacial score (nSPS) is 10.6. The van der Waals surface area contributed by atoms with E-state index in [1.807, 2.05) is 73.1 Å². The molecule has 5 heteroatoms. The molecule has 0 spiro atoms. The van der Waals surface area contributed by atoms with Gasteiger partial charge in [-0.2, -0.15) is 0 Å². The maximum atomic E-state index is 11.8. The summed E-state index contributed by atoms with van der Waals surface area (Å²) in [5.74, 6) is 0. The second-order valence-corrected chi connectivity index (χ2v) is 7.11. The van der Waals surface area contributed by atoms with Crippen molar-refractivity contribution >= 4 is 43.4 Å². The van der Waals surface area contributed by atoms with E-state index in [0.29, 0.717) is 0 Å². The van der Waals surface area contributed by atoms with E-state index in [-0.39, 0.29) is 30.3 Å². The molecule has 2 N–H and O–H groups in total. The van der Waals surface area contributed by atoms with Gasteiger partial charge in [0.2, 0.25) is 0 Å². The average molecular weight is 492 g/mol. The molecule has 0 amide bonds. The van der Waals surface area contributed by atoms with Crippen LogP contribution in [0.2, 0.25) is 0 Å². The van der Waals surface area contributed by atoms with E-state index in [0.717, 1.165) is 43.4 Å². The molecule has 0 saturated carbocycles. The Morgan fingerprint density at radius 1 is 0.452 bits per heavy atom. The van der Waals surface area contributed by atoms with Crippen LogP contribution in [-0.4, -0.2) is 9.97 Å². The fourth-order valence-electron chi connectivity index (χ4n) is 3.88. The van der Waals surface area contributed by atoms with E-state index in [1.54, 1.807) is 24.3 Å². The summed E-state index contributed by atoms with van der Waals surface area (Å²) in [4.78, 5) is 29.8. The van der Waals surface area contributed by atoms with Crippen LogP contribution in [0, 0.1) is 0 Å². The van der Waals surface area contributed by atoms with Gasteiger partial charge in [-0.15, -0.1) is 0 Å². The first-order valence-corrected chi connectivity index (χ1v) is 9.71. The van der Waals surface area contributed by atoms with Crippen LogP contribution < -0.4 is 10.9 Å². The van der Waals surface area contributed by atoms with Crippen LogP contribution in [0.15, 0.2) is 107 Å². The van der Waals surface area contributed by atoms with Gasteiger partial charge in [0.1, 0.15) is 0 Å². The Hall–Kier alpha value is -3.56. The number of nitrogens with one attached hydrogen (secondary N) is 2. The number of benzene rings is 4. The first-order valence-electron chi connectivity index (χ1n) is 9.71.